The van der Waals surface area contributed by atoms with Crippen LogP contribution >= 0.6 is 11.3 Å². The van der Waals surface area contributed by atoms with E-state index in [0.29, 0.717) is 11.7 Å². The topological polar surface area (TPSA) is 77.1 Å². The Kier molecular flexibility index (Phi) is 5.78. The molecule has 4 rings (SSSR count). The summed E-state index contributed by atoms with van der Waals surface area (Å²) < 4.78 is 6.95. The van der Waals surface area contributed by atoms with Crippen LogP contribution in [0.5, 0.6) is 0 Å². The van der Waals surface area contributed by atoms with Gasteiger partial charge in [-0.05, 0) is 41.8 Å². The standard InChI is InChI=1S/C24H25N3O3S/c1-14(2)12-16-7-9-17(10-8-16)21(18-6-5-11-31-18)26-22(28)19-15(3)30-23-20(19)24(29)27(4)13-25-23/h5-11,13-14,21H,12H2,1-4H3,(H,26,28). The highest BCUT2D eigenvalue weighted by Crippen LogP contribution is 2.28. The second-order valence-electron chi connectivity index (χ2n) is 8.14. The number of amides is 1. The van der Waals surface area contributed by atoms with Gasteiger partial charge in [0.2, 0.25) is 5.71 Å². The molecule has 0 bridgehead atoms. The highest BCUT2D eigenvalue weighted by atomic mass is 32.1. The van der Waals surface area contributed by atoms with Crippen molar-refractivity contribution >= 4 is 28.3 Å². The molecule has 0 aliphatic carbocycles. The maximum Gasteiger partial charge on any atom is 0.265 e. The number of hydrogen-bond acceptors (Lipinski definition) is 5. The van der Waals surface area contributed by atoms with Gasteiger partial charge in [0.1, 0.15) is 17.5 Å². The van der Waals surface area contributed by atoms with Crippen LogP contribution in [0.3, 0.4) is 0 Å². The van der Waals surface area contributed by atoms with Gasteiger partial charge >= 0.3 is 0 Å². The van der Waals surface area contributed by atoms with Gasteiger partial charge in [-0.3, -0.25) is 9.59 Å². The van der Waals surface area contributed by atoms with Crippen LogP contribution in [0.2, 0.25) is 0 Å². The van der Waals surface area contributed by atoms with Crippen molar-refractivity contribution in [1.82, 2.24) is 14.9 Å². The van der Waals surface area contributed by atoms with E-state index in [9.17, 15) is 9.59 Å². The number of hydrogen-bond donors (Lipinski definition) is 1. The number of nitrogens with zero attached hydrogens (tertiary/aromatic N) is 2. The summed E-state index contributed by atoms with van der Waals surface area (Å²) in [6.45, 7) is 6.06. The van der Waals surface area contributed by atoms with E-state index in [1.54, 1.807) is 25.3 Å². The van der Waals surface area contributed by atoms with E-state index >= 15 is 0 Å². The monoisotopic (exact) mass is 435 g/mol. The third-order valence-corrected chi connectivity index (χ3v) is 6.17. The lowest BCUT2D eigenvalue weighted by atomic mass is 9.98. The van der Waals surface area contributed by atoms with E-state index in [1.165, 1.54) is 16.5 Å². The molecule has 0 spiro atoms. The van der Waals surface area contributed by atoms with Crippen LogP contribution < -0.4 is 10.9 Å². The fraction of sp³-hybridized carbons (Fsp3) is 0.292. The second kappa shape index (κ2) is 8.51. The highest BCUT2D eigenvalue weighted by molar-refractivity contribution is 7.10. The smallest absolute Gasteiger partial charge is 0.265 e. The molecule has 1 N–H and O–H groups in total. The Balaban J connectivity index is 1.71. The van der Waals surface area contributed by atoms with E-state index in [2.05, 4.69) is 48.4 Å². The average Bonchev–Trinajstić information content (AvgIpc) is 3.37. The maximum absolute atomic E-state index is 13.4. The fourth-order valence-corrected chi connectivity index (χ4v) is 4.56. The van der Waals surface area contributed by atoms with Crippen LogP contribution in [0, 0.1) is 12.8 Å². The van der Waals surface area contributed by atoms with E-state index in [-0.39, 0.29) is 34.2 Å². The van der Waals surface area contributed by atoms with Gasteiger partial charge in [0, 0.05) is 11.9 Å². The molecule has 3 aromatic heterocycles. The minimum atomic E-state index is -0.356. The molecule has 0 fully saturated rings. The molecule has 160 valence electrons. The molecule has 0 aliphatic heterocycles. The fourth-order valence-electron chi connectivity index (χ4n) is 3.76. The summed E-state index contributed by atoms with van der Waals surface area (Å²) in [5.74, 6) is 0.596. The van der Waals surface area contributed by atoms with Crippen LogP contribution in [0.15, 0.2) is 57.3 Å². The number of thiophene rings is 1. The van der Waals surface area contributed by atoms with Gasteiger partial charge in [-0.2, -0.15) is 0 Å². The van der Waals surface area contributed by atoms with Crippen molar-refractivity contribution in [2.24, 2.45) is 13.0 Å². The number of nitrogens with one attached hydrogen (secondary N) is 1. The molecule has 6 nitrogen and oxygen atoms in total. The minimum absolute atomic E-state index is 0.177. The molecule has 31 heavy (non-hydrogen) atoms. The Morgan fingerprint density at radius 1 is 1.23 bits per heavy atom. The van der Waals surface area contributed by atoms with Crippen LogP contribution in [0.25, 0.3) is 11.1 Å². The Bertz CT molecular complexity index is 1270. The van der Waals surface area contributed by atoms with E-state index < -0.39 is 0 Å². The van der Waals surface area contributed by atoms with Gasteiger partial charge in [0.05, 0.1) is 11.6 Å². The minimum Gasteiger partial charge on any atom is -0.442 e. The molecule has 0 radical (unpaired) electrons. The van der Waals surface area contributed by atoms with Crippen molar-refractivity contribution in [3.63, 3.8) is 0 Å². The normalized spacial score (nSPS) is 12.4. The zero-order chi connectivity index (χ0) is 22.1. The molecule has 3 heterocycles. The van der Waals surface area contributed by atoms with Crippen LogP contribution in [0.4, 0.5) is 0 Å². The predicted octanol–water partition coefficient (Wildman–Crippen LogP) is 4.61. The third kappa shape index (κ3) is 4.18. The first-order chi connectivity index (χ1) is 14.8. The number of carbonyl (C=O) groups is 1. The first-order valence-corrected chi connectivity index (χ1v) is 11.1. The summed E-state index contributed by atoms with van der Waals surface area (Å²) in [5, 5.41) is 5.31. The molecule has 1 unspecified atom stereocenters. The molecule has 0 saturated carbocycles. The maximum atomic E-state index is 13.4. The van der Waals surface area contributed by atoms with E-state index in [4.69, 9.17) is 4.42 Å². The molecular formula is C24H25N3O3S. The average molecular weight is 436 g/mol. The molecule has 0 aliphatic rings. The Labute approximate surface area is 184 Å². The lowest BCUT2D eigenvalue weighted by Gasteiger charge is -2.19. The molecule has 4 aromatic rings. The Hall–Kier alpha value is -3.19. The van der Waals surface area contributed by atoms with Gasteiger partial charge in [-0.1, -0.05) is 44.2 Å². The van der Waals surface area contributed by atoms with Crippen LogP contribution in [0.1, 0.15) is 52.0 Å². The predicted molar refractivity (Wildman–Crippen MR) is 123 cm³/mol. The number of furan rings is 1. The van der Waals surface area contributed by atoms with Crippen molar-refractivity contribution in [3.8, 4) is 0 Å². The summed E-state index contributed by atoms with van der Waals surface area (Å²) in [5.41, 5.74) is 2.36. The van der Waals surface area contributed by atoms with Gasteiger partial charge < -0.3 is 14.3 Å². The summed E-state index contributed by atoms with van der Waals surface area (Å²) in [4.78, 5) is 31.2. The van der Waals surface area contributed by atoms with Crippen molar-refractivity contribution < 1.29 is 9.21 Å². The third-order valence-electron chi connectivity index (χ3n) is 5.24. The number of rotatable bonds is 6. The van der Waals surface area contributed by atoms with Gasteiger partial charge in [-0.25, -0.2) is 4.98 Å². The zero-order valence-corrected chi connectivity index (χ0v) is 18.8. The molecule has 1 atom stereocenters. The van der Waals surface area contributed by atoms with Crippen molar-refractivity contribution in [2.75, 3.05) is 0 Å². The van der Waals surface area contributed by atoms with Gasteiger partial charge in [0.15, 0.2) is 0 Å². The zero-order valence-electron chi connectivity index (χ0n) is 18.0. The Morgan fingerprint density at radius 3 is 2.61 bits per heavy atom. The van der Waals surface area contributed by atoms with Crippen LogP contribution in [-0.2, 0) is 13.5 Å². The van der Waals surface area contributed by atoms with E-state index in [0.717, 1.165) is 16.9 Å². The lowest BCUT2D eigenvalue weighted by molar-refractivity contribution is 0.0943. The number of benzene rings is 1. The van der Waals surface area contributed by atoms with Crippen molar-refractivity contribution in [2.45, 2.75) is 33.2 Å². The van der Waals surface area contributed by atoms with Gasteiger partial charge in [-0.15, -0.1) is 11.3 Å². The van der Waals surface area contributed by atoms with Crippen LogP contribution in [-0.4, -0.2) is 15.5 Å². The molecule has 1 aromatic carbocycles. The number of fused-ring (bicyclic) bond motifs is 1. The summed E-state index contributed by atoms with van der Waals surface area (Å²) in [6, 6.07) is 12.0. The number of aromatic nitrogens is 2. The largest absolute Gasteiger partial charge is 0.442 e. The first-order valence-electron chi connectivity index (χ1n) is 10.2. The molecular weight excluding hydrogens is 410 g/mol. The van der Waals surface area contributed by atoms with Gasteiger partial charge in [0.25, 0.3) is 11.5 Å². The highest BCUT2D eigenvalue weighted by Gasteiger charge is 2.26. The lowest BCUT2D eigenvalue weighted by Crippen LogP contribution is -2.30. The number of carbonyl (C=O) groups excluding carboxylic acids is 1. The molecule has 7 heteroatoms. The molecule has 1 amide bonds. The summed E-state index contributed by atoms with van der Waals surface area (Å²) >= 11 is 1.58. The first kappa shape index (κ1) is 21.1. The van der Waals surface area contributed by atoms with Crippen molar-refractivity contribution in [3.05, 3.63) is 85.8 Å². The van der Waals surface area contributed by atoms with Crippen molar-refractivity contribution in [1.29, 1.82) is 0 Å². The second-order valence-corrected chi connectivity index (χ2v) is 9.11. The Morgan fingerprint density at radius 2 is 1.97 bits per heavy atom. The summed E-state index contributed by atoms with van der Waals surface area (Å²) in [7, 11) is 1.60. The quantitative estimate of drug-likeness (QED) is 0.480. The molecule has 0 saturated heterocycles. The number of aryl methyl sites for hydroxylation is 2. The van der Waals surface area contributed by atoms with E-state index in [1.807, 2.05) is 17.5 Å². The SMILES string of the molecule is Cc1oc2ncn(C)c(=O)c2c1C(=O)NC(c1ccc(CC(C)C)cc1)c1cccs1. The summed E-state index contributed by atoms with van der Waals surface area (Å²) in [6.07, 6.45) is 2.40.